The summed E-state index contributed by atoms with van der Waals surface area (Å²) in [6.45, 7) is 0. The first-order chi connectivity index (χ1) is 6.93. The summed E-state index contributed by atoms with van der Waals surface area (Å²) in [6, 6.07) is 2.65. The van der Waals surface area contributed by atoms with Crippen LogP contribution in [0.2, 0.25) is 0 Å². The van der Waals surface area contributed by atoms with E-state index in [9.17, 15) is 13.2 Å². The van der Waals surface area contributed by atoms with E-state index in [1.54, 1.807) is 0 Å². The molecule has 0 saturated heterocycles. The Labute approximate surface area is 89.5 Å². The average molecular weight is 235 g/mol. The van der Waals surface area contributed by atoms with E-state index in [0.717, 1.165) is 12.1 Å². The molecule has 1 rings (SSSR count). The molecule has 1 aromatic carbocycles. The topological polar surface area (TPSA) is 20.2 Å². The molecule has 1 nitrogen and oxygen atoms in total. The highest BCUT2D eigenvalue weighted by atomic mass is 35.5. The van der Waals surface area contributed by atoms with Crippen LogP contribution in [0.25, 0.3) is 0 Å². The first-order valence-corrected chi connectivity index (χ1v) is 4.43. The monoisotopic (exact) mass is 234 g/mol. The summed E-state index contributed by atoms with van der Waals surface area (Å²) in [5, 5.41) is 9.06. The summed E-state index contributed by atoms with van der Waals surface area (Å²) < 4.78 is 36.9. The highest BCUT2D eigenvalue weighted by Crippen LogP contribution is 2.32. The van der Waals surface area contributed by atoms with E-state index in [-0.39, 0.29) is 11.4 Å². The van der Waals surface area contributed by atoms with Gasteiger partial charge < -0.3 is 5.11 Å². The van der Waals surface area contributed by atoms with E-state index in [1.165, 1.54) is 0 Å². The molecular weight excluding hydrogens is 229 g/mol. The van der Waals surface area contributed by atoms with Gasteiger partial charge in [-0.2, -0.15) is 13.2 Å². The molecule has 0 atom stereocenters. The lowest BCUT2D eigenvalue weighted by Gasteiger charge is -2.07. The molecule has 0 radical (unpaired) electrons. The normalized spacial score (nSPS) is 10.7. The minimum absolute atomic E-state index is 0.0248. The highest BCUT2D eigenvalue weighted by Gasteiger charge is 2.31. The van der Waals surface area contributed by atoms with Crippen LogP contribution >= 0.6 is 11.6 Å². The molecule has 0 saturated carbocycles. The summed E-state index contributed by atoms with van der Waals surface area (Å²) in [5.74, 6) is 4.37. The second-order valence-corrected chi connectivity index (χ2v) is 2.97. The van der Waals surface area contributed by atoms with E-state index in [1.807, 2.05) is 0 Å². The molecule has 0 aliphatic heterocycles. The van der Waals surface area contributed by atoms with Crippen molar-refractivity contribution in [2.24, 2.45) is 0 Å². The number of rotatable bonds is 0. The standard InChI is InChI=1S/C10H6ClF3O/c11-3-1-2-7-4-8(10(12,13)14)6-9(15)5-7/h4-6,15H,3H2. The molecule has 0 heterocycles. The zero-order chi connectivity index (χ0) is 11.5. The van der Waals surface area contributed by atoms with Gasteiger partial charge in [0.25, 0.3) is 0 Å². The van der Waals surface area contributed by atoms with Gasteiger partial charge in [0.15, 0.2) is 0 Å². The zero-order valence-corrected chi connectivity index (χ0v) is 8.15. The Bertz CT molecular complexity index is 415. The van der Waals surface area contributed by atoms with Crippen molar-refractivity contribution < 1.29 is 18.3 Å². The summed E-state index contributed by atoms with van der Waals surface area (Å²) >= 11 is 5.26. The Morgan fingerprint density at radius 1 is 1.27 bits per heavy atom. The molecule has 80 valence electrons. The Morgan fingerprint density at radius 2 is 1.93 bits per heavy atom. The molecule has 0 fully saturated rings. The van der Waals surface area contributed by atoms with Crippen LogP contribution < -0.4 is 0 Å². The lowest BCUT2D eigenvalue weighted by atomic mass is 10.1. The zero-order valence-electron chi connectivity index (χ0n) is 7.40. The summed E-state index contributed by atoms with van der Waals surface area (Å²) in [7, 11) is 0. The Morgan fingerprint density at radius 3 is 2.47 bits per heavy atom. The molecule has 0 bridgehead atoms. The maximum absolute atomic E-state index is 12.3. The number of benzene rings is 1. The van der Waals surface area contributed by atoms with E-state index in [4.69, 9.17) is 16.7 Å². The van der Waals surface area contributed by atoms with Crippen molar-refractivity contribution in [3.8, 4) is 17.6 Å². The fraction of sp³-hybridized carbons (Fsp3) is 0.200. The van der Waals surface area contributed by atoms with Gasteiger partial charge in [0.1, 0.15) is 5.75 Å². The van der Waals surface area contributed by atoms with Gasteiger partial charge in [0.2, 0.25) is 0 Å². The Kier molecular flexibility index (Phi) is 3.48. The number of halogens is 4. The number of phenolic OH excluding ortho intramolecular Hbond substituents is 1. The third-order valence-corrected chi connectivity index (χ3v) is 1.68. The minimum atomic E-state index is -4.49. The lowest BCUT2D eigenvalue weighted by Crippen LogP contribution is -2.04. The largest absolute Gasteiger partial charge is 0.508 e. The molecule has 1 aromatic rings. The number of phenols is 1. The molecule has 0 aliphatic carbocycles. The quantitative estimate of drug-likeness (QED) is 0.540. The second-order valence-electron chi connectivity index (χ2n) is 2.70. The fourth-order valence-electron chi connectivity index (χ4n) is 0.982. The van der Waals surface area contributed by atoms with Crippen LogP contribution in [0.1, 0.15) is 11.1 Å². The highest BCUT2D eigenvalue weighted by molar-refractivity contribution is 6.19. The van der Waals surface area contributed by atoms with Crippen LogP contribution in [-0.4, -0.2) is 11.0 Å². The molecular formula is C10H6ClF3O. The van der Waals surface area contributed by atoms with Crippen molar-refractivity contribution in [2.45, 2.75) is 6.18 Å². The smallest absolute Gasteiger partial charge is 0.416 e. The first kappa shape index (κ1) is 11.7. The second kappa shape index (κ2) is 4.45. The molecule has 0 spiro atoms. The predicted octanol–water partition coefficient (Wildman–Crippen LogP) is 3.00. The Balaban J connectivity index is 3.17. The SMILES string of the molecule is Oc1cc(C#CCCl)cc(C(F)(F)F)c1. The van der Waals surface area contributed by atoms with Gasteiger partial charge in [-0.05, 0) is 18.2 Å². The van der Waals surface area contributed by atoms with Gasteiger partial charge in [-0.3, -0.25) is 0 Å². The summed E-state index contributed by atoms with van der Waals surface area (Å²) in [5.41, 5.74) is -0.843. The third kappa shape index (κ3) is 3.37. The maximum Gasteiger partial charge on any atom is 0.416 e. The molecule has 15 heavy (non-hydrogen) atoms. The van der Waals surface area contributed by atoms with Crippen LogP contribution in [0.3, 0.4) is 0 Å². The number of alkyl halides is 4. The maximum atomic E-state index is 12.3. The van der Waals surface area contributed by atoms with Gasteiger partial charge in [0.05, 0.1) is 11.4 Å². The van der Waals surface area contributed by atoms with Gasteiger partial charge in [-0.15, -0.1) is 11.6 Å². The predicted molar refractivity (Wildman–Crippen MR) is 50.7 cm³/mol. The number of hydrogen-bond donors (Lipinski definition) is 1. The van der Waals surface area contributed by atoms with E-state index < -0.39 is 17.5 Å². The van der Waals surface area contributed by atoms with Crippen molar-refractivity contribution >= 4 is 11.6 Å². The summed E-state index contributed by atoms with van der Waals surface area (Å²) in [6.07, 6.45) is -4.49. The van der Waals surface area contributed by atoms with Crippen molar-refractivity contribution in [1.29, 1.82) is 0 Å². The van der Waals surface area contributed by atoms with Crippen molar-refractivity contribution in [3.63, 3.8) is 0 Å². The molecule has 0 unspecified atom stereocenters. The van der Waals surface area contributed by atoms with Crippen LogP contribution in [0.4, 0.5) is 13.2 Å². The van der Waals surface area contributed by atoms with Gasteiger partial charge >= 0.3 is 6.18 Å². The number of hydrogen-bond acceptors (Lipinski definition) is 1. The first-order valence-electron chi connectivity index (χ1n) is 3.89. The fourth-order valence-corrected chi connectivity index (χ4v) is 1.05. The lowest BCUT2D eigenvalue weighted by molar-refractivity contribution is -0.137. The van der Waals surface area contributed by atoms with E-state index >= 15 is 0 Å². The van der Waals surface area contributed by atoms with Gasteiger partial charge in [-0.1, -0.05) is 11.8 Å². The van der Waals surface area contributed by atoms with Crippen LogP contribution in [-0.2, 0) is 6.18 Å². The molecule has 0 aliphatic rings. The molecule has 5 heteroatoms. The minimum Gasteiger partial charge on any atom is -0.508 e. The third-order valence-electron chi connectivity index (χ3n) is 1.54. The molecule has 0 amide bonds. The van der Waals surface area contributed by atoms with Crippen LogP contribution in [0.15, 0.2) is 18.2 Å². The molecule has 1 N–H and O–H groups in total. The van der Waals surface area contributed by atoms with Crippen molar-refractivity contribution in [3.05, 3.63) is 29.3 Å². The van der Waals surface area contributed by atoms with Gasteiger partial charge in [-0.25, -0.2) is 0 Å². The number of aromatic hydroxyl groups is 1. The summed E-state index contributed by atoms with van der Waals surface area (Å²) in [4.78, 5) is 0. The van der Waals surface area contributed by atoms with E-state index in [0.29, 0.717) is 6.07 Å². The van der Waals surface area contributed by atoms with Gasteiger partial charge in [0, 0.05) is 5.56 Å². The van der Waals surface area contributed by atoms with Crippen LogP contribution in [0, 0.1) is 11.8 Å². The van der Waals surface area contributed by atoms with E-state index in [2.05, 4.69) is 11.8 Å². The molecule has 0 aromatic heterocycles. The van der Waals surface area contributed by atoms with Crippen LogP contribution in [0.5, 0.6) is 5.75 Å². The average Bonchev–Trinajstić information content (AvgIpc) is 2.12. The van der Waals surface area contributed by atoms with Crippen molar-refractivity contribution in [2.75, 3.05) is 5.88 Å². The van der Waals surface area contributed by atoms with Crippen molar-refractivity contribution in [1.82, 2.24) is 0 Å². The Hall–Kier alpha value is -1.34.